The van der Waals surface area contributed by atoms with Crippen molar-refractivity contribution in [3.05, 3.63) is 54.2 Å². The molecule has 1 amide bonds. The van der Waals surface area contributed by atoms with Gasteiger partial charge in [-0.15, -0.1) is 0 Å². The predicted molar refractivity (Wildman–Crippen MR) is 107 cm³/mol. The zero-order valence-corrected chi connectivity index (χ0v) is 17.6. The molecule has 0 saturated heterocycles. The molecule has 0 spiro atoms. The summed E-state index contributed by atoms with van der Waals surface area (Å²) in [6.07, 6.45) is -0.0917. The van der Waals surface area contributed by atoms with E-state index in [1.807, 2.05) is 6.92 Å². The number of nitrogens with zero attached hydrogens (tertiary/aromatic N) is 6. The van der Waals surface area contributed by atoms with Crippen LogP contribution >= 0.6 is 0 Å². The zero-order valence-electron chi connectivity index (χ0n) is 17.6. The van der Waals surface area contributed by atoms with Gasteiger partial charge in [-0.25, -0.2) is 9.97 Å². The van der Waals surface area contributed by atoms with Crippen LogP contribution in [0.5, 0.6) is 11.6 Å². The van der Waals surface area contributed by atoms with Gasteiger partial charge in [0, 0.05) is 12.6 Å². The Kier molecular flexibility index (Phi) is 6.91. The fraction of sp³-hybridized carbons (Fsp3) is 0.350. The molecular formula is C20H21F3N6O3. The highest BCUT2D eigenvalue weighted by molar-refractivity contribution is 5.98. The molecule has 0 aliphatic heterocycles. The molecule has 0 fully saturated rings. The van der Waals surface area contributed by atoms with Crippen LogP contribution in [0.3, 0.4) is 0 Å². The Morgan fingerprint density at radius 2 is 1.91 bits per heavy atom. The van der Waals surface area contributed by atoms with Crippen molar-refractivity contribution in [2.24, 2.45) is 0 Å². The molecule has 2 heterocycles. The Labute approximate surface area is 181 Å². The van der Waals surface area contributed by atoms with E-state index in [2.05, 4.69) is 20.2 Å². The van der Waals surface area contributed by atoms with E-state index in [0.29, 0.717) is 29.7 Å². The predicted octanol–water partition coefficient (Wildman–Crippen LogP) is 3.01. The largest absolute Gasteiger partial charge is 0.497 e. The summed E-state index contributed by atoms with van der Waals surface area (Å²) in [6, 6.07) is 4.52. The molecule has 32 heavy (non-hydrogen) atoms. The van der Waals surface area contributed by atoms with E-state index in [1.165, 1.54) is 24.3 Å². The molecule has 0 bridgehead atoms. The van der Waals surface area contributed by atoms with Gasteiger partial charge in [0.05, 0.1) is 43.5 Å². The standard InChI is InChI=1S/C20H21F3N6O3/c1-4-28(13(2)12-32-18-11-24-17(10-25-18)20(21,22)23)19(30)15-6-5-14(31-3)9-16(15)29-26-7-8-27-29/h5-11,13H,4,12H2,1-3H3/t13-/m0/s1. The number of likely N-dealkylation sites (N-methyl/N-ethyl adjacent to an activating group) is 1. The van der Waals surface area contributed by atoms with Crippen LogP contribution < -0.4 is 9.47 Å². The van der Waals surface area contributed by atoms with E-state index in [1.54, 1.807) is 30.0 Å². The Balaban J connectivity index is 1.76. The van der Waals surface area contributed by atoms with E-state index >= 15 is 0 Å². The van der Waals surface area contributed by atoms with Crippen LogP contribution in [0.1, 0.15) is 29.9 Å². The molecule has 2 aromatic heterocycles. The van der Waals surface area contributed by atoms with E-state index in [0.717, 1.165) is 6.20 Å². The number of hydrogen-bond acceptors (Lipinski definition) is 7. The van der Waals surface area contributed by atoms with Gasteiger partial charge in [-0.3, -0.25) is 4.79 Å². The second-order valence-electron chi connectivity index (χ2n) is 6.69. The van der Waals surface area contributed by atoms with Gasteiger partial charge >= 0.3 is 6.18 Å². The third-order valence-electron chi connectivity index (χ3n) is 4.59. The lowest BCUT2D eigenvalue weighted by Gasteiger charge is -2.28. The van der Waals surface area contributed by atoms with Gasteiger partial charge in [0.15, 0.2) is 5.69 Å². The first-order valence-electron chi connectivity index (χ1n) is 9.62. The van der Waals surface area contributed by atoms with E-state index < -0.39 is 17.9 Å². The van der Waals surface area contributed by atoms with E-state index in [4.69, 9.17) is 9.47 Å². The third kappa shape index (κ3) is 5.13. The van der Waals surface area contributed by atoms with Crippen LogP contribution in [0.15, 0.2) is 43.0 Å². The van der Waals surface area contributed by atoms with Crippen molar-refractivity contribution in [3.8, 4) is 17.3 Å². The summed E-state index contributed by atoms with van der Waals surface area (Å²) >= 11 is 0. The number of halogens is 3. The van der Waals surface area contributed by atoms with Crippen molar-refractivity contribution in [3.63, 3.8) is 0 Å². The normalized spacial score (nSPS) is 12.3. The molecule has 0 unspecified atom stereocenters. The zero-order chi connectivity index (χ0) is 23.3. The fourth-order valence-electron chi connectivity index (χ4n) is 2.97. The van der Waals surface area contributed by atoms with Gasteiger partial charge in [-0.1, -0.05) is 0 Å². The fourth-order valence-corrected chi connectivity index (χ4v) is 2.97. The second-order valence-corrected chi connectivity index (χ2v) is 6.69. The summed E-state index contributed by atoms with van der Waals surface area (Å²) in [5.41, 5.74) is -0.313. The maximum absolute atomic E-state index is 13.3. The van der Waals surface area contributed by atoms with Crippen LogP contribution in [-0.4, -0.2) is 62.1 Å². The van der Waals surface area contributed by atoms with Gasteiger partial charge in [0.2, 0.25) is 5.88 Å². The van der Waals surface area contributed by atoms with Gasteiger partial charge in [0.25, 0.3) is 5.91 Å². The highest BCUT2D eigenvalue weighted by atomic mass is 19.4. The van der Waals surface area contributed by atoms with Crippen molar-refractivity contribution in [2.45, 2.75) is 26.1 Å². The lowest BCUT2D eigenvalue weighted by atomic mass is 10.1. The first-order valence-corrected chi connectivity index (χ1v) is 9.62. The molecule has 3 aromatic rings. The second kappa shape index (κ2) is 9.62. The minimum Gasteiger partial charge on any atom is -0.497 e. The molecule has 12 heteroatoms. The Morgan fingerprint density at radius 3 is 2.47 bits per heavy atom. The Morgan fingerprint density at radius 1 is 1.19 bits per heavy atom. The third-order valence-corrected chi connectivity index (χ3v) is 4.59. The molecule has 1 atom stereocenters. The quantitative estimate of drug-likeness (QED) is 0.521. The maximum Gasteiger partial charge on any atom is 0.434 e. The molecule has 170 valence electrons. The number of carbonyl (C=O) groups excluding carboxylic acids is 1. The number of carbonyl (C=O) groups is 1. The van der Waals surface area contributed by atoms with Crippen LogP contribution in [0, 0.1) is 0 Å². The number of aromatic nitrogens is 5. The van der Waals surface area contributed by atoms with Gasteiger partial charge in [-0.05, 0) is 26.0 Å². The van der Waals surface area contributed by atoms with Gasteiger partial charge in [0.1, 0.15) is 18.0 Å². The van der Waals surface area contributed by atoms with Crippen LogP contribution in [0.2, 0.25) is 0 Å². The number of rotatable bonds is 8. The minimum absolute atomic E-state index is 0.00509. The van der Waals surface area contributed by atoms with Crippen molar-refractivity contribution >= 4 is 5.91 Å². The van der Waals surface area contributed by atoms with Crippen LogP contribution in [0.25, 0.3) is 5.69 Å². The summed E-state index contributed by atoms with van der Waals surface area (Å²) in [6.45, 7) is 3.93. The Hall–Kier alpha value is -3.70. The van der Waals surface area contributed by atoms with Gasteiger partial charge in [-0.2, -0.15) is 28.2 Å². The number of methoxy groups -OCH3 is 1. The molecule has 9 nitrogen and oxygen atoms in total. The lowest BCUT2D eigenvalue weighted by Crippen LogP contribution is -2.42. The molecule has 0 aliphatic rings. The Bertz CT molecular complexity index is 1040. The van der Waals surface area contributed by atoms with Crippen molar-refractivity contribution in [1.82, 2.24) is 29.9 Å². The van der Waals surface area contributed by atoms with Gasteiger partial charge < -0.3 is 14.4 Å². The van der Waals surface area contributed by atoms with Crippen molar-refractivity contribution < 1.29 is 27.4 Å². The van der Waals surface area contributed by atoms with Crippen LogP contribution in [-0.2, 0) is 6.18 Å². The average Bonchev–Trinajstić information content (AvgIpc) is 3.32. The smallest absolute Gasteiger partial charge is 0.434 e. The molecule has 0 radical (unpaired) electrons. The molecule has 0 aliphatic carbocycles. The first kappa shape index (κ1) is 23.0. The molecule has 1 aromatic carbocycles. The molecule has 0 saturated carbocycles. The summed E-state index contributed by atoms with van der Waals surface area (Å²) in [4.78, 5) is 23.1. The number of benzene rings is 1. The maximum atomic E-state index is 13.3. The summed E-state index contributed by atoms with van der Waals surface area (Å²) in [5.74, 6) is 0.172. The molecule has 0 N–H and O–H groups in total. The SMILES string of the molecule is CCN(C(=O)c1ccc(OC)cc1-n1nccn1)[C@@H](C)COc1cnc(C(F)(F)F)cn1. The summed E-state index contributed by atoms with van der Waals surface area (Å²) < 4.78 is 48.5. The number of amides is 1. The van der Waals surface area contributed by atoms with E-state index in [9.17, 15) is 18.0 Å². The number of ether oxygens (including phenoxy) is 2. The lowest BCUT2D eigenvalue weighted by molar-refractivity contribution is -0.141. The van der Waals surface area contributed by atoms with E-state index in [-0.39, 0.29) is 18.4 Å². The van der Waals surface area contributed by atoms with Crippen molar-refractivity contribution in [2.75, 3.05) is 20.3 Å². The molecular weight excluding hydrogens is 429 g/mol. The topological polar surface area (TPSA) is 95.3 Å². The highest BCUT2D eigenvalue weighted by Gasteiger charge is 2.33. The molecule has 3 rings (SSSR count). The monoisotopic (exact) mass is 450 g/mol. The highest BCUT2D eigenvalue weighted by Crippen LogP contribution is 2.27. The summed E-state index contributed by atoms with van der Waals surface area (Å²) in [7, 11) is 1.51. The summed E-state index contributed by atoms with van der Waals surface area (Å²) in [5, 5.41) is 8.19. The van der Waals surface area contributed by atoms with Crippen LogP contribution in [0.4, 0.5) is 13.2 Å². The minimum atomic E-state index is -4.58. The number of alkyl halides is 3. The average molecular weight is 450 g/mol. The first-order chi connectivity index (χ1) is 15.2. The number of hydrogen-bond donors (Lipinski definition) is 0. The van der Waals surface area contributed by atoms with Crippen molar-refractivity contribution in [1.29, 1.82) is 0 Å².